The second-order valence-electron chi connectivity index (χ2n) is 5.51. The first-order valence-electron chi connectivity index (χ1n) is 7.58. The van der Waals surface area contributed by atoms with Crippen molar-refractivity contribution >= 4 is 11.7 Å². The lowest BCUT2D eigenvalue weighted by molar-refractivity contribution is 0.247. The van der Waals surface area contributed by atoms with Gasteiger partial charge in [0.15, 0.2) is 11.6 Å². The summed E-state index contributed by atoms with van der Waals surface area (Å²) in [5.41, 5.74) is 3.42. The van der Waals surface area contributed by atoms with Crippen LogP contribution in [-0.2, 0) is 0 Å². The molecule has 0 aliphatic carbocycles. The van der Waals surface area contributed by atoms with Crippen molar-refractivity contribution < 1.29 is 18.3 Å². The number of carbonyl (C=O) groups is 1. The van der Waals surface area contributed by atoms with Gasteiger partial charge in [0.25, 0.3) is 0 Å². The fourth-order valence-electron chi connectivity index (χ4n) is 2.21. The van der Waals surface area contributed by atoms with E-state index in [1.165, 1.54) is 6.07 Å². The molecule has 2 aromatic rings. The normalized spacial score (nSPS) is 10.4. The number of carbonyl (C=O) groups excluding carboxylic acids is 1. The van der Waals surface area contributed by atoms with Crippen molar-refractivity contribution in [2.75, 3.05) is 18.5 Å². The summed E-state index contributed by atoms with van der Waals surface area (Å²) < 4.78 is 31.6. The van der Waals surface area contributed by atoms with Crippen LogP contribution in [0, 0.1) is 32.4 Å². The average molecular weight is 334 g/mol. The SMILES string of the molecule is Cc1ccc(C)c(OCCNC(=O)Nc2ccc(F)c(F)c2)c1C. The minimum absolute atomic E-state index is 0.178. The van der Waals surface area contributed by atoms with E-state index in [1.807, 2.05) is 32.9 Å². The van der Waals surface area contributed by atoms with Gasteiger partial charge in [-0.25, -0.2) is 13.6 Å². The van der Waals surface area contributed by atoms with Crippen LogP contribution in [0.2, 0.25) is 0 Å². The lowest BCUT2D eigenvalue weighted by Crippen LogP contribution is -2.32. The number of halogens is 2. The Bertz CT molecular complexity index is 748. The molecule has 2 N–H and O–H groups in total. The van der Waals surface area contributed by atoms with Gasteiger partial charge >= 0.3 is 6.03 Å². The summed E-state index contributed by atoms with van der Waals surface area (Å²) >= 11 is 0. The Morgan fingerprint density at radius 2 is 1.75 bits per heavy atom. The number of anilines is 1. The van der Waals surface area contributed by atoms with E-state index in [0.29, 0.717) is 6.61 Å². The molecule has 2 rings (SSSR count). The van der Waals surface area contributed by atoms with E-state index in [2.05, 4.69) is 10.6 Å². The van der Waals surface area contributed by atoms with E-state index >= 15 is 0 Å². The highest BCUT2D eigenvalue weighted by atomic mass is 19.2. The first-order chi connectivity index (χ1) is 11.4. The molecule has 0 aliphatic rings. The lowest BCUT2D eigenvalue weighted by atomic mass is 10.1. The molecule has 0 unspecified atom stereocenters. The van der Waals surface area contributed by atoms with E-state index in [4.69, 9.17) is 4.74 Å². The third kappa shape index (κ3) is 4.44. The Hall–Kier alpha value is -2.63. The molecule has 2 aromatic carbocycles. The van der Waals surface area contributed by atoms with Gasteiger partial charge < -0.3 is 15.4 Å². The minimum Gasteiger partial charge on any atom is -0.491 e. The number of urea groups is 1. The monoisotopic (exact) mass is 334 g/mol. The van der Waals surface area contributed by atoms with Crippen molar-refractivity contribution in [2.45, 2.75) is 20.8 Å². The number of hydrogen-bond acceptors (Lipinski definition) is 2. The molecule has 0 aliphatic heterocycles. The zero-order valence-corrected chi connectivity index (χ0v) is 13.9. The number of nitrogens with one attached hydrogen (secondary N) is 2. The highest BCUT2D eigenvalue weighted by molar-refractivity contribution is 5.89. The predicted molar refractivity (Wildman–Crippen MR) is 89.5 cm³/mol. The van der Waals surface area contributed by atoms with Crippen LogP contribution in [0.3, 0.4) is 0 Å². The van der Waals surface area contributed by atoms with Gasteiger partial charge in [0, 0.05) is 11.8 Å². The number of benzene rings is 2. The molecule has 0 heterocycles. The van der Waals surface area contributed by atoms with Gasteiger partial charge in [-0.2, -0.15) is 0 Å². The third-order valence-electron chi connectivity index (χ3n) is 3.69. The molecule has 0 radical (unpaired) electrons. The van der Waals surface area contributed by atoms with E-state index in [9.17, 15) is 13.6 Å². The van der Waals surface area contributed by atoms with E-state index in [0.717, 1.165) is 34.6 Å². The molecule has 4 nitrogen and oxygen atoms in total. The van der Waals surface area contributed by atoms with Crippen LogP contribution in [0.4, 0.5) is 19.3 Å². The van der Waals surface area contributed by atoms with Crippen LogP contribution >= 0.6 is 0 Å². The number of ether oxygens (including phenoxy) is 1. The molecule has 0 saturated carbocycles. The van der Waals surface area contributed by atoms with Crippen molar-refractivity contribution in [3.63, 3.8) is 0 Å². The Morgan fingerprint density at radius 3 is 2.46 bits per heavy atom. The fraction of sp³-hybridized carbons (Fsp3) is 0.278. The second-order valence-corrected chi connectivity index (χ2v) is 5.51. The highest BCUT2D eigenvalue weighted by Gasteiger charge is 2.08. The Balaban J connectivity index is 1.81. The highest BCUT2D eigenvalue weighted by Crippen LogP contribution is 2.25. The number of aryl methyl sites for hydroxylation is 2. The van der Waals surface area contributed by atoms with Crippen molar-refractivity contribution in [3.05, 3.63) is 58.7 Å². The topological polar surface area (TPSA) is 50.4 Å². The van der Waals surface area contributed by atoms with Crippen molar-refractivity contribution in [3.8, 4) is 5.75 Å². The summed E-state index contributed by atoms with van der Waals surface area (Å²) in [4.78, 5) is 11.7. The van der Waals surface area contributed by atoms with Crippen LogP contribution < -0.4 is 15.4 Å². The Kier molecular flexibility index (Phi) is 5.73. The summed E-state index contributed by atoms with van der Waals surface area (Å²) in [7, 11) is 0. The minimum atomic E-state index is -1.01. The zero-order valence-electron chi connectivity index (χ0n) is 13.9. The summed E-state index contributed by atoms with van der Waals surface area (Å²) in [6, 6.07) is 6.67. The maximum atomic E-state index is 13.1. The first-order valence-corrected chi connectivity index (χ1v) is 7.58. The van der Waals surface area contributed by atoms with Gasteiger partial charge in [0.2, 0.25) is 0 Å². The number of hydrogen-bond donors (Lipinski definition) is 2. The summed E-state index contributed by atoms with van der Waals surface area (Å²) in [6.07, 6.45) is 0. The maximum Gasteiger partial charge on any atom is 0.319 e. The molecule has 0 spiro atoms. The molecule has 0 bridgehead atoms. The van der Waals surface area contributed by atoms with Gasteiger partial charge in [0.1, 0.15) is 12.4 Å². The molecule has 0 fully saturated rings. The van der Waals surface area contributed by atoms with Crippen molar-refractivity contribution in [2.24, 2.45) is 0 Å². The van der Waals surface area contributed by atoms with Crippen molar-refractivity contribution in [1.82, 2.24) is 5.32 Å². The third-order valence-corrected chi connectivity index (χ3v) is 3.69. The second kappa shape index (κ2) is 7.77. The summed E-state index contributed by atoms with van der Waals surface area (Å²) in [6.45, 7) is 6.54. The molecular weight excluding hydrogens is 314 g/mol. The molecular formula is C18H20F2N2O2. The molecule has 0 aromatic heterocycles. The van der Waals surface area contributed by atoms with Gasteiger partial charge in [0.05, 0.1) is 6.54 Å². The average Bonchev–Trinajstić information content (AvgIpc) is 2.54. The molecule has 6 heteroatoms. The summed E-state index contributed by atoms with van der Waals surface area (Å²) in [5.74, 6) is -1.16. The Labute approximate surface area is 139 Å². The predicted octanol–water partition coefficient (Wildman–Crippen LogP) is 4.09. The van der Waals surface area contributed by atoms with Crippen molar-refractivity contribution in [1.29, 1.82) is 0 Å². The standard InChI is InChI=1S/C18H20F2N2O2/c1-11-4-5-12(2)17(13(11)3)24-9-8-21-18(23)22-14-6-7-15(19)16(20)10-14/h4-7,10H,8-9H2,1-3H3,(H2,21,22,23). The molecule has 0 saturated heterocycles. The van der Waals surface area contributed by atoms with E-state index < -0.39 is 17.7 Å². The lowest BCUT2D eigenvalue weighted by Gasteiger charge is -2.14. The van der Waals surface area contributed by atoms with Crippen LogP contribution in [0.25, 0.3) is 0 Å². The molecule has 2 amide bonds. The number of rotatable bonds is 5. The van der Waals surface area contributed by atoms with Gasteiger partial charge in [-0.1, -0.05) is 12.1 Å². The summed E-state index contributed by atoms with van der Waals surface area (Å²) in [5, 5.41) is 5.03. The quantitative estimate of drug-likeness (QED) is 0.809. The van der Waals surface area contributed by atoms with E-state index in [1.54, 1.807) is 0 Å². The molecule has 128 valence electrons. The van der Waals surface area contributed by atoms with Gasteiger partial charge in [-0.3, -0.25) is 0 Å². The fourth-order valence-corrected chi connectivity index (χ4v) is 2.21. The van der Waals surface area contributed by atoms with Crippen LogP contribution in [-0.4, -0.2) is 19.2 Å². The Morgan fingerprint density at radius 1 is 1.04 bits per heavy atom. The molecule has 24 heavy (non-hydrogen) atoms. The van der Waals surface area contributed by atoms with Gasteiger partial charge in [-0.15, -0.1) is 0 Å². The van der Waals surface area contributed by atoms with Gasteiger partial charge in [-0.05, 0) is 49.6 Å². The van der Waals surface area contributed by atoms with Crippen LogP contribution in [0.5, 0.6) is 5.75 Å². The smallest absolute Gasteiger partial charge is 0.319 e. The zero-order chi connectivity index (χ0) is 17.7. The number of amides is 2. The maximum absolute atomic E-state index is 13.1. The van der Waals surface area contributed by atoms with Crippen LogP contribution in [0.1, 0.15) is 16.7 Å². The van der Waals surface area contributed by atoms with Crippen LogP contribution in [0.15, 0.2) is 30.3 Å². The molecule has 0 atom stereocenters. The van der Waals surface area contributed by atoms with E-state index in [-0.39, 0.29) is 12.2 Å². The first kappa shape index (κ1) is 17.7. The largest absolute Gasteiger partial charge is 0.491 e.